The monoisotopic (exact) mass is 408 g/mol. The highest BCUT2D eigenvalue weighted by atomic mass is 32.2. The Morgan fingerprint density at radius 3 is 2.29 bits per heavy atom. The number of hydrogen-bond acceptors (Lipinski definition) is 4. The van der Waals surface area contributed by atoms with Gasteiger partial charge in [0.1, 0.15) is 10.6 Å². The summed E-state index contributed by atoms with van der Waals surface area (Å²) in [5.74, 6) is -0.176. The number of piperidine rings is 1. The summed E-state index contributed by atoms with van der Waals surface area (Å²) in [6.07, 6.45) is 6.66. The van der Waals surface area contributed by atoms with E-state index in [2.05, 4.69) is 5.32 Å². The molecule has 0 radical (unpaired) electrons. The van der Waals surface area contributed by atoms with Crippen molar-refractivity contribution in [2.75, 3.05) is 26.2 Å². The van der Waals surface area contributed by atoms with Gasteiger partial charge in [0.15, 0.2) is 0 Å². The van der Waals surface area contributed by atoms with Crippen LogP contribution >= 0.6 is 0 Å². The number of likely N-dealkylation sites (tertiary alicyclic amines) is 1. The lowest BCUT2D eigenvalue weighted by Crippen LogP contribution is -2.43. The number of rotatable bonds is 5. The molecule has 0 unspecified atom stereocenters. The van der Waals surface area contributed by atoms with E-state index < -0.39 is 10.0 Å². The predicted octanol–water partition coefficient (Wildman–Crippen LogP) is 0.940. The van der Waals surface area contributed by atoms with E-state index in [4.69, 9.17) is 0 Å². The highest BCUT2D eigenvalue weighted by Crippen LogP contribution is 2.27. The van der Waals surface area contributed by atoms with E-state index in [9.17, 15) is 18.0 Å². The zero-order valence-corrected chi connectivity index (χ0v) is 17.1. The minimum Gasteiger partial charge on any atom is -0.353 e. The van der Waals surface area contributed by atoms with Crippen molar-refractivity contribution in [1.29, 1.82) is 0 Å². The fourth-order valence-electron chi connectivity index (χ4n) is 4.02. The summed E-state index contributed by atoms with van der Waals surface area (Å²) in [6.45, 7) is 2.11. The number of hydrogen-bond donors (Lipinski definition) is 1. The van der Waals surface area contributed by atoms with Crippen LogP contribution in [-0.2, 0) is 21.9 Å². The fraction of sp³-hybridized carbons (Fsp3) is 0.684. The SMILES string of the molecule is Cn1cc(S(=O)(=O)N2CCC(C(=O)NC3CC3)CC2)cc1C(=O)N1CCCC1. The summed E-state index contributed by atoms with van der Waals surface area (Å²) in [6, 6.07) is 1.81. The number of aryl methyl sites for hydroxylation is 1. The molecule has 2 aliphatic heterocycles. The third kappa shape index (κ3) is 3.82. The molecule has 2 saturated heterocycles. The first-order valence-corrected chi connectivity index (χ1v) is 11.6. The minimum absolute atomic E-state index is 0.0535. The Balaban J connectivity index is 1.43. The second kappa shape index (κ2) is 7.51. The van der Waals surface area contributed by atoms with Crippen LogP contribution in [0.2, 0.25) is 0 Å². The molecule has 0 bridgehead atoms. The Kier molecular flexibility index (Phi) is 5.22. The quantitative estimate of drug-likeness (QED) is 0.785. The second-order valence-corrected chi connectivity index (χ2v) is 10.1. The molecular weight excluding hydrogens is 380 g/mol. The highest BCUT2D eigenvalue weighted by molar-refractivity contribution is 7.89. The smallest absolute Gasteiger partial charge is 0.270 e. The van der Waals surface area contributed by atoms with Crippen molar-refractivity contribution >= 4 is 21.8 Å². The average Bonchev–Trinajstić information content (AvgIpc) is 3.17. The molecule has 4 rings (SSSR count). The van der Waals surface area contributed by atoms with E-state index in [1.807, 2.05) is 0 Å². The number of sulfonamides is 1. The summed E-state index contributed by atoms with van der Waals surface area (Å²) in [4.78, 5) is 26.8. The molecule has 1 N–H and O–H groups in total. The normalized spacial score (nSPS) is 21.8. The summed E-state index contributed by atoms with van der Waals surface area (Å²) >= 11 is 0. The average molecular weight is 409 g/mol. The number of amides is 2. The molecule has 0 aromatic carbocycles. The van der Waals surface area contributed by atoms with Gasteiger partial charge in [-0.05, 0) is 44.6 Å². The van der Waals surface area contributed by atoms with Crippen molar-refractivity contribution in [2.24, 2.45) is 13.0 Å². The molecule has 3 heterocycles. The maximum Gasteiger partial charge on any atom is 0.270 e. The molecule has 0 atom stereocenters. The zero-order chi connectivity index (χ0) is 19.9. The van der Waals surface area contributed by atoms with Gasteiger partial charge in [0.25, 0.3) is 5.91 Å². The third-order valence-electron chi connectivity index (χ3n) is 5.98. The molecule has 28 heavy (non-hydrogen) atoms. The molecule has 0 spiro atoms. The van der Waals surface area contributed by atoms with E-state index in [-0.39, 0.29) is 22.6 Å². The molecule has 8 nitrogen and oxygen atoms in total. The Hall–Kier alpha value is -1.87. The summed E-state index contributed by atoms with van der Waals surface area (Å²) in [7, 11) is -1.97. The van der Waals surface area contributed by atoms with Crippen LogP contribution in [0.25, 0.3) is 0 Å². The van der Waals surface area contributed by atoms with E-state index >= 15 is 0 Å². The number of nitrogens with zero attached hydrogens (tertiary/aromatic N) is 3. The lowest BCUT2D eigenvalue weighted by Gasteiger charge is -2.30. The third-order valence-corrected chi connectivity index (χ3v) is 7.84. The van der Waals surface area contributed by atoms with Crippen LogP contribution in [0.3, 0.4) is 0 Å². The van der Waals surface area contributed by atoms with Gasteiger partial charge in [0.2, 0.25) is 15.9 Å². The molecular formula is C19H28N4O4S. The van der Waals surface area contributed by atoms with Gasteiger partial charge in [-0.3, -0.25) is 9.59 Å². The molecule has 1 aromatic heterocycles. The van der Waals surface area contributed by atoms with Crippen molar-refractivity contribution in [1.82, 2.24) is 19.1 Å². The molecule has 2 amide bonds. The van der Waals surface area contributed by atoms with Gasteiger partial charge in [-0.15, -0.1) is 0 Å². The van der Waals surface area contributed by atoms with Gasteiger partial charge in [-0.25, -0.2) is 8.42 Å². The maximum atomic E-state index is 13.0. The van der Waals surface area contributed by atoms with Crippen molar-refractivity contribution in [3.8, 4) is 0 Å². The van der Waals surface area contributed by atoms with Crippen molar-refractivity contribution in [2.45, 2.75) is 49.5 Å². The van der Waals surface area contributed by atoms with Crippen LogP contribution < -0.4 is 5.32 Å². The number of carbonyl (C=O) groups is 2. The fourth-order valence-corrected chi connectivity index (χ4v) is 5.57. The van der Waals surface area contributed by atoms with E-state index in [0.717, 1.165) is 38.8 Å². The van der Waals surface area contributed by atoms with Crippen LogP contribution in [0, 0.1) is 5.92 Å². The first-order chi connectivity index (χ1) is 13.4. The van der Waals surface area contributed by atoms with E-state index in [1.54, 1.807) is 16.5 Å². The topological polar surface area (TPSA) is 91.7 Å². The maximum absolute atomic E-state index is 13.0. The molecule has 3 fully saturated rings. The van der Waals surface area contributed by atoms with Crippen molar-refractivity contribution in [3.05, 3.63) is 18.0 Å². The largest absolute Gasteiger partial charge is 0.353 e. The first kappa shape index (κ1) is 19.4. The molecule has 3 aliphatic rings. The van der Waals surface area contributed by atoms with Crippen LogP contribution in [0.5, 0.6) is 0 Å². The van der Waals surface area contributed by atoms with Crippen molar-refractivity contribution in [3.63, 3.8) is 0 Å². The molecule has 154 valence electrons. The number of aromatic nitrogens is 1. The number of nitrogens with one attached hydrogen (secondary N) is 1. The van der Waals surface area contributed by atoms with Crippen LogP contribution in [0.1, 0.15) is 49.0 Å². The zero-order valence-electron chi connectivity index (χ0n) is 16.3. The van der Waals surface area contributed by atoms with Crippen LogP contribution in [0.15, 0.2) is 17.2 Å². The van der Waals surface area contributed by atoms with E-state index in [0.29, 0.717) is 37.7 Å². The summed E-state index contributed by atoms with van der Waals surface area (Å²) in [5.41, 5.74) is 0.402. The van der Waals surface area contributed by atoms with Crippen LogP contribution in [-0.4, -0.2) is 66.2 Å². The van der Waals surface area contributed by atoms with Gasteiger partial charge >= 0.3 is 0 Å². The molecule has 1 aromatic rings. The summed E-state index contributed by atoms with van der Waals surface area (Å²) < 4.78 is 29.1. The Morgan fingerprint density at radius 2 is 1.68 bits per heavy atom. The Morgan fingerprint density at radius 1 is 1.04 bits per heavy atom. The number of carbonyl (C=O) groups excluding carboxylic acids is 2. The van der Waals surface area contributed by atoms with Gasteiger partial charge in [-0.1, -0.05) is 0 Å². The standard InChI is InChI=1S/C19H28N4O4S/c1-21-13-16(12-17(21)19(25)22-8-2-3-9-22)28(26,27)23-10-6-14(7-11-23)18(24)20-15-4-5-15/h12-15H,2-11H2,1H3,(H,20,24). The van der Waals surface area contributed by atoms with Gasteiger partial charge < -0.3 is 14.8 Å². The van der Waals surface area contributed by atoms with Gasteiger partial charge in [0.05, 0.1) is 0 Å². The second-order valence-electron chi connectivity index (χ2n) is 8.13. The predicted molar refractivity (Wildman–Crippen MR) is 103 cm³/mol. The van der Waals surface area contributed by atoms with Gasteiger partial charge in [0, 0.05) is 51.4 Å². The summed E-state index contributed by atoms with van der Waals surface area (Å²) in [5, 5.41) is 3.01. The highest BCUT2D eigenvalue weighted by Gasteiger charge is 2.35. The lowest BCUT2D eigenvalue weighted by molar-refractivity contribution is -0.126. The first-order valence-electron chi connectivity index (χ1n) is 10.1. The molecule has 9 heteroatoms. The Bertz CT molecular complexity index is 860. The molecule has 1 saturated carbocycles. The Labute approximate surface area is 165 Å². The van der Waals surface area contributed by atoms with Crippen LogP contribution in [0.4, 0.5) is 0 Å². The van der Waals surface area contributed by atoms with Crippen molar-refractivity contribution < 1.29 is 18.0 Å². The minimum atomic E-state index is -3.67. The van der Waals surface area contributed by atoms with E-state index in [1.165, 1.54) is 16.6 Å². The van der Waals surface area contributed by atoms with Gasteiger partial charge in [-0.2, -0.15) is 4.31 Å². The molecule has 1 aliphatic carbocycles. The lowest BCUT2D eigenvalue weighted by atomic mass is 9.97.